The molecule has 0 spiro atoms. The minimum absolute atomic E-state index is 0.167. The number of carbonyl (C=O) groups excluding carboxylic acids is 2. The molecule has 1 atom stereocenters. The third-order valence-electron chi connectivity index (χ3n) is 4.43. The minimum Gasteiger partial charge on any atom is -0.469 e. The molecule has 6 nitrogen and oxygen atoms in total. The first-order valence-electron chi connectivity index (χ1n) is 9.92. The Morgan fingerprint density at radius 1 is 1.32 bits per heavy atom. The van der Waals surface area contributed by atoms with Gasteiger partial charge in [0.2, 0.25) is 0 Å². The summed E-state index contributed by atoms with van der Waals surface area (Å²) in [5, 5.41) is 0.712. The van der Waals surface area contributed by atoms with Crippen molar-refractivity contribution in [1.82, 2.24) is 4.98 Å². The molecule has 0 N–H and O–H groups in total. The van der Waals surface area contributed by atoms with E-state index in [4.69, 9.17) is 14.5 Å². The SMILES string of the molecule is CCCSc1nc(N2CCC[C@@H](CC(=O)OC)C2)ccc1C(=O)OC(C)(C)C. The number of methoxy groups -OCH3 is 1. The van der Waals surface area contributed by atoms with Crippen LogP contribution in [0.4, 0.5) is 5.82 Å². The number of esters is 2. The van der Waals surface area contributed by atoms with Crippen LogP contribution in [0.2, 0.25) is 0 Å². The van der Waals surface area contributed by atoms with Gasteiger partial charge in [0.15, 0.2) is 0 Å². The number of pyridine rings is 1. The van der Waals surface area contributed by atoms with Crippen molar-refractivity contribution < 1.29 is 19.1 Å². The molecular weight excluding hydrogens is 376 g/mol. The van der Waals surface area contributed by atoms with Crippen molar-refractivity contribution in [1.29, 1.82) is 0 Å². The van der Waals surface area contributed by atoms with Crippen molar-refractivity contribution in [3.63, 3.8) is 0 Å². The molecule has 0 saturated carbocycles. The van der Waals surface area contributed by atoms with Gasteiger partial charge in [0.25, 0.3) is 0 Å². The summed E-state index contributed by atoms with van der Waals surface area (Å²) >= 11 is 1.58. The number of ether oxygens (including phenoxy) is 2. The number of nitrogens with zero attached hydrogens (tertiary/aromatic N) is 2. The van der Waals surface area contributed by atoms with E-state index in [1.54, 1.807) is 11.8 Å². The number of aromatic nitrogens is 1. The summed E-state index contributed by atoms with van der Waals surface area (Å²) in [5.74, 6) is 1.49. The highest BCUT2D eigenvalue weighted by atomic mass is 32.2. The normalized spacial score (nSPS) is 17.3. The first-order valence-corrected chi connectivity index (χ1v) is 10.9. The van der Waals surface area contributed by atoms with Gasteiger partial charge < -0.3 is 14.4 Å². The smallest absolute Gasteiger partial charge is 0.341 e. The fourth-order valence-electron chi connectivity index (χ4n) is 3.16. The van der Waals surface area contributed by atoms with Crippen molar-refractivity contribution in [2.24, 2.45) is 5.92 Å². The molecule has 28 heavy (non-hydrogen) atoms. The van der Waals surface area contributed by atoms with E-state index in [0.717, 1.165) is 43.9 Å². The highest BCUT2D eigenvalue weighted by Crippen LogP contribution is 2.29. The van der Waals surface area contributed by atoms with Crippen LogP contribution in [0.5, 0.6) is 0 Å². The highest BCUT2D eigenvalue weighted by Gasteiger charge is 2.26. The topological polar surface area (TPSA) is 68.7 Å². The third kappa shape index (κ3) is 6.69. The van der Waals surface area contributed by atoms with Crippen molar-refractivity contribution in [3.05, 3.63) is 17.7 Å². The van der Waals surface area contributed by atoms with Crippen molar-refractivity contribution >= 4 is 29.5 Å². The number of anilines is 1. The Balaban J connectivity index is 2.20. The lowest BCUT2D eigenvalue weighted by atomic mass is 9.95. The maximum atomic E-state index is 12.6. The molecule has 7 heteroatoms. The zero-order valence-electron chi connectivity index (χ0n) is 17.6. The summed E-state index contributed by atoms with van der Waals surface area (Å²) in [6.07, 6.45) is 3.45. The van der Waals surface area contributed by atoms with Gasteiger partial charge in [-0.3, -0.25) is 4.79 Å². The molecule has 0 amide bonds. The molecule has 156 valence electrons. The van der Waals surface area contributed by atoms with Crippen LogP contribution < -0.4 is 4.90 Å². The number of hydrogen-bond acceptors (Lipinski definition) is 7. The number of hydrogen-bond donors (Lipinski definition) is 0. The minimum atomic E-state index is -0.545. The summed E-state index contributed by atoms with van der Waals surface area (Å²) in [5.41, 5.74) is -0.0311. The molecule has 2 rings (SSSR count). The van der Waals surface area contributed by atoms with E-state index in [1.165, 1.54) is 7.11 Å². The Morgan fingerprint density at radius 2 is 2.07 bits per heavy atom. The standard InChI is InChI=1S/C21H32N2O4S/c1-6-12-28-19-16(20(25)27-21(2,3)4)9-10-17(22-19)23-11-7-8-15(14-23)13-18(24)26-5/h9-10,15H,6-8,11-14H2,1-5H3/t15-/m0/s1. The second kappa shape index (κ2) is 10.1. The molecule has 1 aromatic rings. The lowest BCUT2D eigenvalue weighted by Gasteiger charge is -2.33. The van der Waals surface area contributed by atoms with E-state index >= 15 is 0 Å². The second-order valence-corrected chi connectivity index (χ2v) is 9.19. The van der Waals surface area contributed by atoms with Crippen LogP contribution in [0.25, 0.3) is 0 Å². The van der Waals surface area contributed by atoms with E-state index in [0.29, 0.717) is 17.0 Å². The first kappa shape index (κ1) is 22.5. The lowest BCUT2D eigenvalue weighted by Crippen LogP contribution is -2.37. The number of carbonyl (C=O) groups is 2. The fourth-order valence-corrected chi connectivity index (χ4v) is 4.03. The average molecular weight is 409 g/mol. The highest BCUT2D eigenvalue weighted by molar-refractivity contribution is 7.99. The van der Waals surface area contributed by atoms with E-state index in [1.807, 2.05) is 32.9 Å². The molecule has 0 bridgehead atoms. The van der Waals surface area contributed by atoms with Crippen LogP contribution in [0.3, 0.4) is 0 Å². The molecule has 1 aliphatic rings. The Bertz CT molecular complexity index is 687. The van der Waals surface area contributed by atoms with Gasteiger partial charge in [-0.2, -0.15) is 0 Å². The summed E-state index contributed by atoms with van der Waals surface area (Å²) in [7, 11) is 1.43. The molecule has 1 fully saturated rings. The molecule has 0 aliphatic carbocycles. The maximum absolute atomic E-state index is 12.6. The van der Waals surface area contributed by atoms with E-state index < -0.39 is 5.60 Å². The van der Waals surface area contributed by atoms with Crippen LogP contribution in [0.15, 0.2) is 17.2 Å². The lowest BCUT2D eigenvalue weighted by molar-refractivity contribution is -0.141. The van der Waals surface area contributed by atoms with Gasteiger partial charge in [-0.15, -0.1) is 11.8 Å². The predicted molar refractivity (Wildman–Crippen MR) is 112 cm³/mol. The Kier molecular flexibility index (Phi) is 8.16. The number of rotatable bonds is 7. The average Bonchev–Trinajstić information content (AvgIpc) is 2.64. The van der Waals surface area contributed by atoms with Crippen molar-refractivity contribution in [2.75, 3.05) is 30.9 Å². The van der Waals surface area contributed by atoms with Crippen LogP contribution in [0, 0.1) is 5.92 Å². The third-order valence-corrected chi connectivity index (χ3v) is 5.63. The Labute approximate surface area is 172 Å². The predicted octanol–water partition coefficient (Wildman–Crippen LogP) is 4.32. The van der Waals surface area contributed by atoms with E-state index in [2.05, 4.69) is 11.8 Å². The van der Waals surface area contributed by atoms with Gasteiger partial charge in [-0.1, -0.05) is 6.92 Å². The molecule has 2 heterocycles. The first-order chi connectivity index (χ1) is 13.2. The Hall–Kier alpha value is -1.76. The summed E-state index contributed by atoms with van der Waals surface area (Å²) < 4.78 is 10.4. The number of piperidine rings is 1. The van der Waals surface area contributed by atoms with Gasteiger partial charge >= 0.3 is 11.9 Å². The quantitative estimate of drug-likeness (QED) is 0.491. The molecule has 0 unspecified atom stereocenters. The molecule has 1 aromatic heterocycles. The molecule has 1 saturated heterocycles. The maximum Gasteiger partial charge on any atom is 0.341 e. The van der Waals surface area contributed by atoms with Crippen molar-refractivity contribution in [2.45, 2.75) is 64.0 Å². The molecule has 0 radical (unpaired) electrons. The summed E-state index contributed by atoms with van der Waals surface area (Å²) in [6, 6.07) is 3.70. The summed E-state index contributed by atoms with van der Waals surface area (Å²) in [6.45, 7) is 9.36. The molecule has 1 aliphatic heterocycles. The van der Waals surface area contributed by atoms with Crippen molar-refractivity contribution in [3.8, 4) is 0 Å². The van der Waals surface area contributed by atoms with Gasteiger partial charge in [0.1, 0.15) is 16.4 Å². The zero-order chi connectivity index (χ0) is 20.7. The second-order valence-electron chi connectivity index (χ2n) is 8.11. The largest absolute Gasteiger partial charge is 0.469 e. The van der Waals surface area contributed by atoms with E-state index in [9.17, 15) is 9.59 Å². The van der Waals surface area contributed by atoms with Crippen LogP contribution in [-0.4, -0.2) is 48.5 Å². The van der Waals surface area contributed by atoms with Gasteiger partial charge in [0.05, 0.1) is 12.7 Å². The Morgan fingerprint density at radius 3 is 2.71 bits per heavy atom. The van der Waals surface area contributed by atoms with Crippen LogP contribution >= 0.6 is 11.8 Å². The zero-order valence-corrected chi connectivity index (χ0v) is 18.4. The molecule has 0 aromatic carbocycles. The van der Waals surface area contributed by atoms with Gasteiger partial charge in [-0.05, 0) is 63.8 Å². The number of thioether (sulfide) groups is 1. The van der Waals surface area contributed by atoms with Gasteiger partial charge in [-0.25, -0.2) is 9.78 Å². The fraction of sp³-hybridized carbons (Fsp3) is 0.667. The van der Waals surface area contributed by atoms with E-state index in [-0.39, 0.29) is 17.9 Å². The molecular formula is C21H32N2O4S. The summed E-state index contributed by atoms with van der Waals surface area (Å²) in [4.78, 5) is 31.2. The van der Waals surface area contributed by atoms with Gasteiger partial charge in [0, 0.05) is 19.5 Å². The monoisotopic (exact) mass is 408 g/mol. The van der Waals surface area contributed by atoms with Crippen LogP contribution in [0.1, 0.15) is 63.7 Å². The van der Waals surface area contributed by atoms with Crippen LogP contribution in [-0.2, 0) is 14.3 Å².